The van der Waals surface area contributed by atoms with Crippen molar-refractivity contribution in [2.24, 2.45) is 0 Å². The zero-order chi connectivity index (χ0) is 12.4. The van der Waals surface area contributed by atoms with Crippen LogP contribution in [0.1, 0.15) is 0 Å². The van der Waals surface area contributed by atoms with E-state index in [9.17, 15) is 0 Å². The zero-order valence-electron chi connectivity index (χ0n) is 9.75. The Kier molecular flexibility index (Phi) is 3.19. The second-order valence-corrected chi connectivity index (χ2v) is 5.23. The van der Waals surface area contributed by atoms with Crippen LogP contribution in [0, 0.1) is 3.70 Å². The van der Waals surface area contributed by atoms with Crippen molar-refractivity contribution in [1.82, 2.24) is 4.57 Å². The number of para-hydroxylation sites is 1. The summed E-state index contributed by atoms with van der Waals surface area (Å²) in [4.78, 5) is 0. The Labute approximate surface area is 120 Å². The summed E-state index contributed by atoms with van der Waals surface area (Å²) in [6, 6.07) is 23.1. The van der Waals surface area contributed by atoms with Gasteiger partial charge in [-0.05, 0) is 46.4 Å². The Morgan fingerprint density at radius 2 is 1.33 bits per heavy atom. The van der Waals surface area contributed by atoms with Gasteiger partial charge in [-0.3, -0.25) is 0 Å². The highest BCUT2D eigenvalue weighted by molar-refractivity contribution is 14.1. The maximum atomic E-state index is 2.37. The highest BCUT2D eigenvalue weighted by Gasteiger charge is 2.06. The Morgan fingerprint density at radius 1 is 0.722 bits per heavy atom. The first-order valence-corrected chi connectivity index (χ1v) is 6.91. The molecule has 0 spiro atoms. The third kappa shape index (κ3) is 2.20. The van der Waals surface area contributed by atoms with Crippen LogP contribution in [0.25, 0.3) is 16.8 Å². The molecule has 0 saturated heterocycles. The average molecular weight is 345 g/mol. The fourth-order valence-corrected chi connectivity index (χ4v) is 2.76. The Hall–Kier alpha value is -1.55. The first kappa shape index (κ1) is 11.5. The summed E-state index contributed by atoms with van der Waals surface area (Å²) < 4.78 is 3.43. The molecule has 0 aliphatic heterocycles. The highest BCUT2D eigenvalue weighted by Crippen LogP contribution is 2.25. The molecule has 0 bridgehead atoms. The summed E-state index contributed by atoms with van der Waals surface area (Å²) >= 11 is 2.37. The van der Waals surface area contributed by atoms with Gasteiger partial charge in [-0.15, -0.1) is 0 Å². The van der Waals surface area contributed by atoms with E-state index in [0.29, 0.717) is 0 Å². The monoisotopic (exact) mass is 345 g/mol. The van der Waals surface area contributed by atoms with Crippen LogP contribution in [0.5, 0.6) is 0 Å². The van der Waals surface area contributed by atoms with Gasteiger partial charge in [0.2, 0.25) is 0 Å². The molecule has 0 radical (unpaired) electrons. The van der Waals surface area contributed by atoms with E-state index in [1.54, 1.807) is 0 Å². The van der Waals surface area contributed by atoms with Crippen molar-refractivity contribution in [2.75, 3.05) is 0 Å². The first-order chi connectivity index (χ1) is 8.84. The van der Waals surface area contributed by atoms with Crippen LogP contribution in [-0.2, 0) is 0 Å². The van der Waals surface area contributed by atoms with Crippen molar-refractivity contribution in [1.29, 1.82) is 0 Å². The van der Waals surface area contributed by atoms with E-state index < -0.39 is 0 Å². The lowest BCUT2D eigenvalue weighted by Gasteiger charge is -2.03. The number of aromatic nitrogens is 1. The minimum absolute atomic E-state index is 1.20. The van der Waals surface area contributed by atoms with Gasteiger partial charge >= 0.3 is 0 Å². The van der Waals surface area contributed by atoms with E-state index in [1.165, 1.54) is 20.5 Å². The maximum absolute atomic E-state index is 2.37. The molecule has 1 nitrogen and oxygen atoms in total. The van der Waals surface area contributed by atoms with Gasteiger partial charge in [0.1, 0.15) is 0 Å². The van der Waals surface area contributed by atoms with E-state index in [0.717, 1.165) is 0 Å². The van der Waals surface area contributed by atoms with Crippen LogP contribution in [0.4, 0.5) is 0 Å². The Morgan fingerprint density at radius 3 is 2.00 bits per heavy atom. The van der Waals surface area contributed by atoms with E-state index in [2.05, 4.69) is 88.0 Å². The standard InChI is InChI=1S/C16H12IN/c17-16-11-14(13-7-3-1-4-8-13)12-18(16)15-9-5-2-6-10-15/h1-12H. The van der Waals surface area contributed by atoms with E-state index >= 15 is 0 Å². The molecule has 1 heterocycles. The number of benzene rings is 2. The van der Waals surface area contributed by atoms with E-state index in [-0.39, 0.29) is 0 Å². The van der Waals surface area contributed by atoms with Gasteiger partial charge in [-0.1, -0.05) is 48.5 Å². The molecule has 0 fully saturated rings. The summed E-state index contributed by atoms with van der Waals surface area (Å²) in [5.41, 5.74) is 3.71. The third-order valence-electron chi connectivity index (χ3n) is 2.91. The number of halogens is 1. The van der Waals surface area contributed by atoms with Gasteiger partial charge in [-0.25, -0.2) is 0 Å². The number of nitrogens with zero attached hydrogens (tertiary/aromatic N) is 1. The van der Waals surface area contributed by atoms with Crippen molar-refractivity contribution in [3.8, 4) is 16.8 Å². The van der Waals surface area contributed by atoms with Gasteiger partial charge in [0, 0.05) is 17.4 Å². The van der Waals surface area contributed by atoms with Gasteiger partial charge in [-0.2, -0.15) is 0 Å². The molecule has 18 heavy (non-hydrogen) atoms. The van der Waals surface area contributed by atoms with Gasteiger partial charge in [0.05, 0.1) is 3.70 Å². The summed E-state index contributed by atoms with van der Waals surface area (Å²) in [6.45, 7) is 0. The Balaban J connectivity index is 2.07. The lowest BCUT2D eigenvalue weighted by atomic mass is 10.1. The minimum Gasteiger partial charge on any atom is -0.311 e. The van der Waals surface area contributed by atoms with Crippen molar-refractivity contribution >= 4 is 22.6 Å². The van der Waals surface area contributed by atoms with Gasteiger partial charge < -0.3 is 4.57 Å². The lowest BCUT2D eigenvalue weighted by Crippen LogP contribution is -1.92. The summed E-state index contributed by atoms with van der Waals surface area (Å²) in [6.07, 6.45) is 2.19. The first-order valence-electron chi connectivity index (χ1n) is 5.83. The molecule has 0 aliphatic carbocycles. The van der Waals surface area contributed by atoms with Crippen molar-refractivity contribution in [3.63, 3.8) is 0 Å². The molecule has 0 atom stereocenters. The predicted octanol–water partition coefficient (Wildman–Crippen LogP) is 4.75. The predicted molar refractivity (Wildman–Crippen MR) is 83.9 cm³/mol. The molecule has 3 aromatic rings. The van der Waals surface area contributed by atoms with Crippen molar-refractivity contribution in [2.45, 2.75) is 0 Å². The van der Waals surface area contributed by atoms with Crippen molar-refractivity contribution < 1.29 is 0 Å². The Bertz CT molecular complexity index is 641. The molecular weight excluding hydrogens is 333 g/mol. The normalized spacial score (nSPS) is 10.5. The van der Waals surface area contributed by atoms with Crippen LogP contribution in [-0.4, -0.2) is 4.57 Å². The second-order valence-electron chi connectivity index (χ2n) is 4.12. The molecule has 88 valence electrons. The molecule has 0 unspecified atom stereocenters. The fourth-order valence-electron chi connectivity index (χ4n) is 2.01. The van der Waals surface area contributed by atoms with Crippen LogP contribution in [0.3, 0.4) is 0 Å². The average Bonchev–Trinajstić information content (AvgIpc) is 2.83. The number of hydrogen-bond acceptors (Lipinski definition) is 0. The molecule has 0 saturated carbocycles. The highest BCUT2D eigenvalue weighted by atomic mass is 127. The molecule has 1 aromatic heterocycles. The smallest absolute Gasteiger partial charge is 0.0850 e. The molecule has 2 aromatic carbocycles. The lowest BCUT2D eigenvalue weighted by molar-refractivity contribution is 1.05. The molecule has 0 N–H and O–H groups in total. The number of hydrogen-bond donors (Lipinski definition) is 0. The van der Waals surface area contributed by atoms with E-state index in [1.807, 2.05) is 12.1 Å². The van der Waals surface area contributed by atoms with Crippen LogP contribution >= 0.6 is 22.6 Å². The zero-order valence-corrected chi connectivity index (χ0v) is 11.9. The van der Waals surface area contributed by atoms with Crippen molar-refractivity contribution in [3.05, 3.63) is 76.6 Å². The molecule has 2 heteroatoms. The van der Waals surface area contributed by atoms with E-state index in [4.69, 9.17) is 0 Å². The third-order valence-corrected chi connectivity index (χ3v) is 3.75. The van der Waals surface area contributed by atoms with Crippen LogP contribution < -0.4 is 0 Å². The minimum atomic E-state index is 1.20. The largest absolute Gasteiger partial charge is 0.311 e. The molecular formula is C16H12IN. The maximum Gasteiger partial charge on any atom is 0.0850 e. The quantitative estimate of drug-likeness (QED) is 0.591. The molecule has 0 amide bonds. The van der Waals surface area contributed by atoms with Gasteiger partial charge in [0.15, 0.2) is 0 Å². The molecule has 0 aliphatic rings. The number of rotatable bonds is 2. The SMILES string of the molecule is Ic1cc(-c2ccccc2)cn1-c1ccccc1. The summed E-state index contributed by atoms with van der Waals surface area (Å²) in [5, 5.41) is 0. The van der Waals surface area contributed by atoms with Gasteiger partial charge in [0.25, 0.3) is 0 Å². The topological polar surface area (TPSA) is 4.93 Å². The van der Waals surface area contributed by atoms with Crippen LogP contribution in [0.2, 0.25) is 0 Å². The second kappa shape index (κ2) is 4.98. The molecule has 3 rings (SSSR count). The summed E-state index contributed by atoms with van der Waals surface area (Å²) in [7, 11) is 0. The van der Waals surface area contributed by atoms with Crippen LogP contribution in [0.15, 0.2) is 72.9 Å². The fraction of sp³-hybridized carbons (Fsp3) is 0. The summed E-state index contributed by atoms with van der Waals surface area (Å²) in [5.74, 6) is 0.